The van der Waals surface area contributed by atoms with E-state index in [-0.39, 0.29) is 6.42 Å². The van der Waals surface area contributed by atoms with Gasteiger partial charge in [0.2, 0.25) is 0 Å². The first-order valence-corrected chi connectivity index (χ1v) is 6.13. The fourth-order valence-corrected chi connectivity index (χ4v) is 1.53. The van der Waals surface area contributed by atoms with Crippen molar-refractivity contribution < 1.29 is 28.7 Å². The molecule has 1 radical (unpaired) electrons. The van der Waals surface area contributed by atoms with E-state index in [1.807, 2.05) is 0 Å². The molecule has 4 N–H and O–H groups in total. The minimum atomic E-state index is -4.22. The average Bonchev–Trinajstić information content (AvgIpc) is 1.55. The van der Waals surface area contributed by atoms with Crippen LogP contribution in [0, 0.1) is 6.16 Å². The second kappa shape index (κ2) is 3.81. The summed E-state index contributed by atoms with van der Waals surface area (Å²) < 4.78 is 20.2. The van der Waals surface area contributed by atoms with Crippen molar-refractivity contribution in [1.29, 1.82) is 0 Å². The van der Waals surface area contributed by atoms with E-state index in [9.17, 15) is 9.13 Å². The van der Waals surface area contributed by atoms with Crippen LogP contribution in [0.4, 0.5) is 0 Å². The third kappa shape index (κ3) is 10.3. The Kier molecular flexibility index (Phi) is 3.91. The van der Waals surface area contributed by atoms with Crippen molar-refractivity contribution in [2.24, 2.45) is 0 Å². The molecule has 67 valence electrons. The van der Waals surface area contributed by atoms with Crippen LogP contribution in [0.3, 0.4) is 0 Å². The molecule has 0 aliphatic carbocycles. The fourth-order valence-electron chi connectivity index (χ4n) is 0.394. The van der Waals surface area contributed by atoms with Crippen LogP contribution in [0.2, 0.25) is 0 Å². The van der Waals surface area contributed by atoms with Crippen LogP contribution in [-0.2, 0) is 9.13 Å². The molecule has 0 rings (SSSR count). The first kappa shape index (κ1) is 11.3. The number of rotatable bonds is 4. The van der Waals surface area contributed by atoms with Crippen LogP contribution in [0.1, 0.15) is 6.42 Å². The van der Waals surface area contributed by atoms with Crippen molar-refractivity contribution in [3.63, 3.8) is 0 Å². The molecule has 11 heavy (non-hydrogen) atoms. The van der Waals surface area contributed by atoms with Crippen molar-refractivity contribution >= 4 is 15.2 Å². The van der Waals surface area contributed by atoms with Crippen LogP contribution in [0.15, 0.2) is 0 Å². The number of hydrogen-bond donors (Lipinski definition) is 4. The lowest BCUT2D eigenvalue weighted by Crippen LogP contribution is -1.89. The van der Waals surface area contributed by atoms with Crippen LogP contribution in [0.5, 0.6) is 0 Å². The highest BCUT2D eigenvalue weighted by molar-refractivity contribution is 7.54. The van der Waals surface area contributed by atoms with Crippen molar-refractivity contribution in [2.45, 2.75) is 6.42 Å². The highest BCUT2D eigenvalue weighted by Crippen LogP contribution is 2.43. The Morgan fingerprint density at radius 2 is 1.55 bits per heavy atom. The summed E-state index contributed by atoms with van der Waals surface area (Å²) in [4.78, 5) is 32.9. The Bertz CT molecular complexity index is 178. The second-order valence-electron chi connectivity index (χ2n) is 1.95. The molecule has 0 fully saturated rings. The molecule has 8 heteroatoms. The van der Waals surface area contributed by atoms with E-state index in [2.05, 4.69) is 0 Å². The van der Waals surface area contributed by atoms with Gasteiger partial charge < -0.3 is 19.6 Å². The van der Waals surface area contributed by atoms with Crippen LogP contribution >= 0.6 is 15.2 Å². The maximum atomic E-state index is 10.1. The molecule has 0 aromatic heterocycles. The molecule has 0 bridgehead atoms. The average molecular weight is 203 g/mol. The van der Waals surface area contributed by atoms with E-state index in [0.29, 0.717) is 6.16 Å². The van der Waals surface area contributed by atoms with Gasteiger partial charge in [-0.1, -0.05) is 0 Å². The van der Waals surface area contributed by atoms with Gasteiger partial charge >= 0.3 is 15.2 Å². The van der Waals surface area contributed by atoms with Crippen LogP contribution in [0.25, 0.3) is 0 Å². The van der Waals surface area contributed by atoms with Gasteiger partial charge in [0, 0.05) is 0 Å². The zero-order valence-electron chi connectivity index (χ0n) is 5.49. The Labute approximate surface area is 63.6 Å². The SMILES string of the molecule is O=P(O)(O)[CH]CCP(=O)(O)O. The van der Waals surface area contributed by atoms with Crippen molar-refractivity contribution in [3.05, 3.63) is 6.16 Å². The topological polar surface area (TPSA) is 115 Å². The molecule has 0 atom stereocenters. The van der Waals surface area contributed by atoms with Gasteiger partial charge in [-0.15, -0.1) is 0 Å². The zero-order valence-corrected chi connectivity index (χ0v) is 7.28. The lowest BCUT2D eigenvalue weighted by molar-refractivity contribution is 0.371. The highest BCUT2D eigenvalue weighted by atomic mass is 31.2. The normalized spacial score (nSPS) is 13.5. The van der Waals surface area contributed by atoms with Gasteiger partial charge in [0.1, 0.15) is 0 Å². The molecule has 0 aromatic carbocycles. The van der Waals surface area contributed by atoms with Gasteiger partial charge in [-0.2, -0.15) is 0 Å². The van der Waals surface area contributed by atoms with E-state index in [4.69, 9.17) is 19.6 Å². The largest absolute Gasteiger partial charge is 0.329 e. The van der Waals surface area contributed by atoms with Crippen molar-refractivity contribution in [2.75, 3.05) is 6.16 Å². The minimum absolute atomic E-state index is 0.283. The van der Waals surface area contributed by atoms with Gasteiger partial charge in [0.15, 0.2) is 0 Å². The van der Waals surface area contributed by atoms with Gasteiger partial charge in [-0.25, -0.2) is 0 Å². The quantitative estimate of drug-likeness (QED) is 0.474. The van der Waals surface area contributed by atoms with E-state index in [0.717, 1.165) is 0 Å². The molecule has 0 aromatic rings. The highest BCUT2D eigenvalue weighted by Gasteiger charge is 2.18. The third-order valence-corrected chi connectivity index (χ3v) is 2.36. The predicted molar refractivity (Wildman–Crippen MR) is 37.9 cm³/mol. The first-order valence-electron chi connectivity index (χ1n) is 2.65. The molecule has 0 heterocycles. The van der Waals surface area contributed by atoms with Gasteiger partial charge in [-0.3, -0.25) is 9.13 Å². The van der Waals surface area contributed by atoms with Crippen molar-refractivity contribution in [1.82, 2.24) is 0 Å². The molecule has 0 unspecified atom stereocenters. The molecule has 0 aliphatic rings. The Morgan fingerprint density at radius 3 is 1.82 bits per heavy atom. The molecule has 0 saturated carbocycles. The summed E-state index contributed by atoms with van der Waals surface area (Å²) in [6, 6.07) is 0. The Hall–Kier alpha value is 0.300. The molecule has 0 saturated heterocycles. The molecular formula is C3H9O6P2. The smallest absolute Gasteiger partial charge is 0.324 e. The van der Waals surface area contributed by atoms with Gasteiger partial charge in [0.05, 0.1) is 12.3 Å². The van der Waals surface area contributed by atoms with Gasteiger partial charge in [-0.05, 0) is 6.42 Å². The molecular weight excluding hydrogens is 194 g/mol. The lowest BCUT2D eigenvalue weighted by atomic mass is 10.6. The maximum Gasteiger partial charge on any atom is 0.329 e. The van der Waals surface area contributed by atoms with Crippen LogP contribution < -0.4 is 0 Å². The number of hydrogen-bond acceptors (Lipinski definition) is 2. The monoisotopic (exact) mass is 203 g/mol. The third-order valence-electron chi connectivity index (χ3n) is 0.787. The van der Waals surface area contributed by atoms with Gasteiger partial charge in [0.25, 0.3) is 0 Å². The Morgan fingerprint density at radius 1 is 1.09 bits per heavy atom. The summed E-state index contributed by atoms with van der Waals surface area (Å²) >= 11 is 0. The van der Waals surface area contributed by atoms with E-state index in [1.54, 1.807) is 0 Å². The molecule has 6 nitrogen and oxygen atoms in total. The van der Waals surface area contributed by atoms with E-state index >= 15 is 0 Å². The summed E-state index contributed by atoms with van der Waals surface area (Å²) in [6.45, 7) is 0. The maximum absolute atomic E-state index is 10.1. The van der Waals surface area contributed by atoms with E-state index in [1.165, 1.54) is 0 Å². The summed E-state index contributed by atoms with van der Waals surface area (Å²) in [5.41, 5.74) is 0. The lowest BCUT2D eigenvalue weighted by Gasteiger charge is -2.03. The summed E-state index contributed by atoms with van der Waals surface area (Å²) in [5, 5.41) is 0. The fraction of sp³-hybridized carbons (Fsp3) is 0.667. The van der Waals surface area contributed by atoms with Crippen molar-refractivity contribution in [3.8, 4) is 0 Å². The second-order valence-corrected chi connectivity index (χ2v) is 5.27. The summed E-state index contributed by atoms with van der Waals surface area (Å²) in [7, 11) is -8.35. The molecule has 0 spiro atoms. The standard InChI is InChI=1S/C3H9O6P2/c4-10(5,6)2-1-3-11(7,8)9/h2H,1,3H2,(H2,4,5,6)(H2,7,8,9). The molecule has 0 aliphatic heterocycles. The van der Waals surface area contributed by atoms with Crippen LogP contribution in [-0.4, -0.2) is 25.7 Å². The summed E-state index contributed by atoms with van der Waals surface area (Å²) in [5.74, 6) is 0. The van der Waals surface area contributed by atoms with E-state index < -0.39 is 21.4 Å². The predicted octanol–water partition coefficient (Wildman–Crippen LogP) is -0.106. The zero-order chi connectivity index (χ0) is 9.12. The minimum Gasteiger partial charge on any atom is -0.324 e. The first-order chi connectivity index (χ1) is 4.71. The Balaban J connectivity index is 3.61. The summed E-state index contributed by atoms with van der Waals surface area (Å²) in [6.07, 6.45) is -0.223. The molecule has 0 amide bonds.